The van der Waals surface area contributed by atoms with Gasteiger partial charge in [0.05, 0.1) is 11.6 Å². The molecule has 0 aliphatic carbocycles. The molecule has 6 heteroatoms. The summed E-state index contributed by atoms with van der Waals surface area (Å²) in [6.07, 6.45) is 1.42. The first-order valence-electron chi connectivity index (χ1n) is 9.79. The van der Waals surface area contributed by atoms with Crippen molar-refractivity contribution in [1.29, 1.82) is 0 Å². The molecule has 0 saturated carbocycles. The molecular formula is C24H23ClF3NS. The zero-order valence-electron chi connectivity index (χ0n) is 16.9. The van der Waals surface area contributed by atoms with Crippen LogP contribution < -0.4 is 0 Å². The van der Waals surface area contributed by atoms with Crippen LogP contribution in [-0.4, -0.2) is 11.2 Å². The molecule has 2 aromatic heterocycles. The van der Waals surface area contributed by atoms with Gasteiger partial charge in [0.1, 0.15) is 0 Å². The molecule has 0 aliphatic rings. The van der Waals surface area contributed by atoms with Crippen LogP contribution in [0.5, 0.6) is 0 Å². The lowest BCUT2D eigenvalue weighted by molar-refractivity contribution is -0.146. The molecule has 1 aromatic carbocycles. The maximum atomic E-state index is 13.2. The van der Waals surface area contributed by atoms with Crippen LogP contribution in [0.4, 0.5) is 13.2 Å². The van der Waals surface area contributed by atoms with E-state index in [1.54, 1.807) is 23.5 Å². The van der Waals surface area contributed by atoms with Crippen LogP contribution in [-0.2, 0) is 6.42 Å². The summed E-state index contributed by atoms with van der Waals surface area (Å²) in [5, 5.41) is 1.86. The highest BCUT2D eigenvalue weighted by atomic mass is 35.5. The third kappa shape index (κ3) is 4.96. The van der Waals surface area contributed by atoms with E-state index in [0.717, 1.165) is 44.0 Å². The summed E-state index contributed by atoms with van der Waals surface area (Å²) in [6.45, 7) is 7.14. The maximum absolute atomic E-state index is 13.2. The van der Waals surface area contributed by atoms with Crippen molar-refractivity contribution in [2.75, 3.05) is 0 Å². The lowest BCUT2D eigenvalue weighted by atomic mass is 9.99. The summed E-state index contributed by atoms with van der Waals surface area (Å²) in [6, 6.07) is 10.9. The van der Waals surface area contributed by atoms with Crippen molar-refractivity contribution in [3.63, 3.8) is 0 Å². The Kier molecular flexibility index (Phi) is 7.04. The van der Waals surface area contributed by atoms with E-state index in [2.05, 4.69) is 24.6 Å². The first-order valence-corrected chi connectivity index (χ1v) is 11.0. The van der Waals surface area contributed by atoms with E-state index in [1.165, 1.54) is 19.2 Å². The standard InChI is InChI=1S/C24H23ClF3NS/c1-4-7-21(25)16(5-2)12-19-13-18-8-6-9-20(23(18)30-19)22-14-17(10-11-29-22)15(3)24(26,27)28/h5-6,8-11,13-15H,2,4,7,12H2,1,3H3/b21-16-. The minimum Gasteiger partial charge on any atom is -0.256 e. The van der Waals surface area contributed by atoms with Gasteiger partial charge >= 0.3 is 6.18 Å². The SMILES string of the molecule is C=C/C(Cc1cc2cccc(-c3cc(C(C)C(F)(F)F)ccn3)c2s1)=C(/Cl)CCC. The number of halogens is 4. The molecule has 0 saturated heterocycles. The van der Waals surface area contributed by atoms with E-state index in [4.69, 9.17) is 11.6 Å². The predicted molar refractivity (Wildman–Crippen MR) is 121 cm³/mol. The van der Waals surface area contributed by atoms with Gasteiger partial charge in [-0.1, -0.05) is 55.8 Å². The quantitative estimate of drug-likeness (QED) is 0.329. The Labute approximate surface area is 183 Å². The Hall–Kier alpha value is -2.11. The zero-order chi connectivity index (χ0) is 21.9. The van der Waals surface area contributed by atoms with Crippen molar-refractivity contribution in [1.82, 2.24) is 4.98 Å². The van der Waals surface area contributed by atoms with Crippen LogP contribution in [0.15, 0.2) is 65.9 Å². The van der Waals surface area contributed by atoms with E-state index in [1.807, 2.05) is 18.2 Å². The second kappa shape index (κ2) is 9.36. The Morgan fingerprint density at radius 1 is 1.27 bits per heavy atom. The van der Waals surface area contributed by atoms with Crippen molar-refractivity contribution >= 4 is 33.0 Å². The van der Waals surface area contributed by atoms with Gasteiger partial charge < -0.3 is 0 Å². The highest BCUT2D eigenvalue weighted by Gasteiger charge is 2.37. The van der Waals surface area contributed by atoms with Gasteiger partial charge in [-0.25, -0.2) is 0 Å². The van der Waals surface area contributed by atoms with Crippen LogP contribution in [0.25, 0.3) is 21.3 Å². The van der Waals surface area contributed by atoms with Crippen LogP contribution in [0.2, 0.25) is 0 Å². The van der Waals surface area contributed by atoms with Gasteiger partial charge in [-0.05, 0) is 48.1 Å². The van der Waals surface area contributed by atoms with E-state index in [9.17, 15) is 13.2 Å². The summed E-state index contributed by atoms with van der Waals surface area (Å²) >= 11 is 8.03. The first kappa shape index (κ1) is 22.6. The normalized spacial score (nSPS) is 13.9. The van der Waals surface area contributed by atoms with Crippen molar-refractivity contribution in [3.8, 4) is 11.3 Å². The van der Waals surface area contributed by atoms with Gasteiger partial charge in [-0.2, -0.15) is 13.2 Å². The first-order chi connectivity index (χ1) is 14.2. The lowest BCUT2D eigenvalue weighted by Gasteiger charge is -2.16. The molecule has 0 bridgehead atoms. The number of nitrogens with zero attached hydrogens (tertiary/aromatic N) is 1. The lowest BCUT2D eigenvalue weighted by Crippen LogP contribution is -2.17. The Bertz CT molecular complexity index is 1080. The fourth-order valence-corrected chi connectivity index (χ4v) is 4.84. The van der Waals surface area contributed by atoms with Gasteiger partial charge in [-0.15, -0.1) is 11.3 Å². The molecule has 0 amide bonds. The topological polar surface area (TPSA) is 12.9 Å². The van der Waals surface area contributed by atoms with Gasteiger partial charge in [0.25, 0.3) is 0 Å². The Morgan fingerprint density at radius 2 is 2.03 bits per heavy atom. The Balaban J connectivity index is 2.01. The molecule has 0 N–H and O–H groups in total. The van der Waals surface area contributed by atoms with Crippen molar-refractivity contribution < 1.29 is 13.2 Å². The van der Waals surface area contributed by atoms with Crippen LogP contribution in [0.3, 0.4) is 0 Å². The number of benzene rings is 1. The number of hydrogen-bond donors (Lipinski definition) is 0. The summed E-state index contributed by atoms with van der Waals surface area (Å²) in [4.78, 5) is 5.48. The van der Waals surface area contributed by atoms with Crippen molar-refractivity contribution in [2.45, 2.75) is 45.2 Å². The molecule has 0 spiro atoms. The predicted octanol–water partition coefficient (Wildman–Crippen LogP) is 8.65. The largest absolute Gasteiger partial charge is 0.395 e. The fourth-order valence-electron chi connectivity index (χ4n) is 3.30. The minimum absolute atomic E-state index is 0.213. The van der Waals surface area contributed by atoms with E-state index >= 15 is 0 Å². The highest BCUT2D eigenvalue weighted by Crippen LogP contribution is 2.38. The van der Waals surface area contributed by atoms with Crippen LogP contribution in [0.1, 0.15) is 43.0 Å². The monoisotopic (exact) mass is 449 g/mol. The number of rotatable bonds is 7. The zero-order valence-corrected chi connectivity index (χ0v) is 18.5. The molecular weight excluding hydrogens is 427 g/mol. The molecule has 3 rings (SSSR count). The molecule has 158 valence electrons. The van der Waals surface area contributed by atoms with E-state index in [0.29, 0.717) is 12.1 Å². The average molecular weight is 450 g/mol. The highest BCUT2D eigenvalue weighted by molar-refractivity contribution is 7.19. The van der Waals surface area contributed by atoms with Gasteiger partial charge in [0.15, 0.2) is 0 Å². The van der Waals surface area contributed by atoms with Crippen LogP contribution >= 0.6 is 22.9 Å². The second-order valence-electron chi connectivity index (χ2n) is 7.24. The second-order valence-corrected chi connectivity index (χ2v) is 8.83. The van der Waals surface area contributed by atoms with Gasteiger partial charge in [0.2, 0.25) is 0 Å². The van der Waals surface area contributed by atoms with Crippen LogP contribution in [0, 0.1) is 0 Å². The molecule has 0 fully saturated rings. The molecule has 30 heavy (non-hydrogen) atoms. The van der Waals surface area contributed by atoms with Crippen molar-refractivity contribution in [3.05, 3.63) is 76.3 Å². The number of hydrogen-bond acceptors (Lipinski definition) is 2. The molecule has 0 aliphatic heterocycles. The molecule has 3 aromatic rings. The van der Waals surface area contributed by atoms with Gasteiger partial charge in [0, 0.05) is 32.8 Å². The number of fused-ring (bicyclic) bond motifs is 1. The number of pyridine rings is 1. The molecule has 1 atom stereocenters. The minimum atomic E-state index is -4.29. The number of aromatic nitrogens is 1. The van der Waals surface area contributed by atoms with E-state index < -0.39 is 12.1 Å². The van der Waals surface area contributed by atoms with Gasteiger partial charge in [-0.3, -0.25) is 4.98 Å². The third-order valence-corrected chi connectivity index (χ3v) is 6.69. The molecule has 1 nitrogen and oxygen atoms in total. The smallest absolute Gasteiger partial charge is 0.256 e. The number of allylic oxidation sites excluding steroid dienone is 3. The third-order valence-electron chi connectivity index (χ3n) is 5.08. The molecule has 1 unspecified atom stereocenters. The number of alkyl halides is 3. The average Bonchev–Trinajstić information content (AvgIpc) is 3.13. The summed E-state index contributed by atoms with van der Waals surface area (Å²) in [5.74, 6) is -1.54. The summed E-state index contributed by atoms with van der Waals surface area (Å²) in [5.41, 5.74) is 2.60. The Morgan fingerprint density at radius 3 is 2.70 bits per heavy atom. The summed E-state index contributed by atoms with van der Waals surface area (Å²) in [7, 11) is 0. The van der Waals surface area contributed by atoms with E-state index in [-0.39, 0.29) is 5.56 Å². The number of thiophene rings is 1. The molecule has 2 heterocycles. The fraction of sp³-hybridized carbons (Fsp3) is 0.292. The summed E-state index contributed by atoms with van der Waals surface area (Å²) < 4.78 is 40.5. The van der Waals surface area contributed by atoms with Crippen molar-refractivity contribution in [2.24, 2.45) is 0 Å². The molecule has 0 radical (unpaired) electrons. The maximum Gasteiger partial charge on any atom is 0.395 e.